The number of ether oxygens (including phenoxy) is 2. The lowest BCUT2D eigenvalue weighted by molar-refractivity contribution is 0.446. The van der Waals surface area contributed by atoms with Crippen LogP contribution in [0.4, 0.5) is 17.1 Å². The van der Waals surface area contributed by atoms with E-state index >= 15 is 0 Å². The van der Waals surface area contributed by atoms with Crippen molar-refractivity contribution in [3.8, 4) is 73.7 Å². The second-order valence-electron chi connectivity index (χ2n) is 14.6. The molecule has 10 aromatic rings. The number of hydrogen-bond acceptors (Lipinski definition) is 5. The van der Waals surface area contributed by atoms with Crippen LogP contribution in [0, 0.1) is 0 Å². The van der Waals surface area contributed by atoms with Crippen LogP contribution in [0.25, 0.3) is 72.5 Å². The molecule has 12 rings (SSSR count). The molecule has 58 heavy (non-hydrogen) atoms. The van der Waals surface area contributed by atoms with Gasteiger partial charge < -0.3 is 14.0 Å². The molecule has 2 aliphatic rings. The van der Waals surface area contributed by atoms with Gasteiger partial charge in [0.1, 0.15) is 5.69 Å². The zero-order valence-corrected chi connectivity index (χ0v) is 31.1. The van der Waals surface area contributed by atoms with E-state index < -0.39 is 0 Å². The number of fused-ring (bicyclic) bond motifs is 7. The molecule has 0 N–H and O–H groups in total. The molecule has 0 aliphatic carbocycles. The van der Waals surface area contributed by atoms with Crippen molar-refractivity contribution in [1.29, 1.82) is 0 Å². The molecule has 0 amide bonds. The van der Waals surface area contributed by atoms with Crippen molar-refractivity contribution in [3.05, 3.63) is 194 Å². The summed E-state index contributed by atoms with van der Waals surface area (Å²) in [5.41, 5.74) is 13.0. The van der Waals surface area contributed by atoms with Gasteiger partial charge in [0.25, 0.3) is 0 Å². The highest BCUT2D eigenvalue weighted by Crippen LogP contribution is 2.60. The van der Waals surface area contributed by atoms with Crippen LogP contribution >= 0.6 is 0 Å². The zero-order chi connectivity index (χ0) is 38.2. The summed E-state index contributed by atoms with van der Waals surface area (Å²) in [6.07, 6.45) is 0. The molecule has 0 unspecified atom stereocenters. The van der Waals surface area contributed by atoms with Gasteiger partial charge in [-0.2, -0.15) is 0 Å². The first kappa shape index (κ1) is 32.3. The van der Waals surface area contributed by atoms with Crippen molar-refractivity contribution in [1.82, 2.24) is 14.5 Å². The molecule has 2 aliphatic heterocycles. The summed E-state index contributed by atoms with van der Waals surface area (Å²) in [5.74, 6) is 3.81. The predicted octanol–water partition coefficient (Wildman–Crippen LogP) is 13.9. The Morgan fingerprint density at radius 1 is 0.362 bits per heavy atom. The minimum Gasteiger partial charge on any atom is -0.453 e. The Balaban J connectivity index is 0.988. The van der Waals surface area contributed by atoms with E-state index in [4.69, 9.17) is 19.4 Å². The number of rotatable bonds is 5. The van der Waals surface area contributed by atoms with Crippen LogP contribution in [-0.4, -0.2) is 14.5 Å². The summed E-state index contributed by atoms with van der Waals surface area (Å²) >= 11 is 0. The topological polar surface area (TPSA) is 52.4 Å². The Bertz CT molecular complexity index is 3120. The normalized spacial score (nSPS) is 12.4. The van der Waals surface area contributed by atoms with Gasteiger partial charge in [-0.15, -0.1) is 0 Å². The van der Waals surface area contributed by atoms with E-state index in [9.17, 15) is 0 Å². The van der Waals surface area contributed by atoms with Crippen molar-refractivity contribution in [2.45, 2.75) is 0 Å². The average Bonchev–Trinajstić information content (AvgIpc) is 3.63. The second-order valence-corrected chi connectivity index (χ2v) is 14.6. The molecule has 0 saturated heterocycles. The highest BCUT2D eigenvalue weighted by atomic mass is 16.5. The molecule has 0 atom stereocenters. The largest absolute Gasteiger partial charge is 0.453 e. The molecule has 4 heterocycles. The van der Waals surface area contributed by atoms with Crippen LogP contribution in [-0.2, 0) is 0 Å². The monoisotopic (exact) mass is 744 g/mol. The Kier molecular flexibility index (Phi) is 7.13. The first-order chi connectivity index (χ1) is 28.7. The van der Waals surface area contributed by atoms with Crippen LogP contribution in [0.1, 0.15) is 0 Å². The molecule has 6 nitrogen and oxygen atoms in total. The third-order valence-electron chi connectivity index (χ3n) is 11.1. The van der Waals surface area contributed by atoms with E-state index in [1.807, 2.05) is 72.8 Å². The summed E-state index contributed by atoms with van der Waals surface area (Å²) in [7, 11) is 0. The molecule has 0 spiro atoms. The summed E-state index contributed by atoms with van der Waals surface area (Å²) in [6, 6.07) is 67.1. The van der Waals surface area contributed by atoms with Crippen LogP contribution < -0.4 is 14.4 Å². The first-order valence-electron chi connectivity index (χ1n) is 19.4. The van der Waals surface area contributed by atoms with Crippen molar-refractivity contribution in [2.24, 2.45) is 0 Å². The van der Waals surface area contributed by atoms with E-state index in [-0.39, 0.29) is 0 Å². The van der Waals surface area contributed by atoms with Gasteiger partial charge in [-0.25, -0.2) is 9.97 Å². The van der Waals surface area contributed by atoms with Crippen LogP contribution in [0.3, 0.4) is 0 Å². The molecule has 0 saturated carbocycles. The van der Waals surface area contributed by atoms with Crippen LogP contribution in [0.15, 0.2) is 194 Å². The van der Waals surface area contributed by atoms with Gasteiger partial charge in [0.15, 0.2) is 28.8 Å². The quantitative estimate of drug-likeness (QED) is 0.176. The molecular weight excluding hydrogens is 713 g/mol. The summed E-state index contributed by atoms with van der Waals surface area (Å²) in [6.45, 7) is 0. The first-order valence-corrected chi connectivity index (χ1v) is 19.4. The van der Waals surface area contributed by atoms with Gasteiger partial charge in [-0.3, -0.25) is 4.90 Å². The lowest BCUT2D eigenvalue weighted by Crippen LogP contribution is -2.20. The molecule has 0 bridgehead atoms. The van der Waals surface area contributed by atoms with Gasteiger partial charge in [0.2, 0.25) is 0 Å². The average molecular weight is 745 g/mol. The number of aromatic nitrogens is 3. The maximum Gasteiger partial charge on any atom is 0.160 e. The SMILES string of the molecule is c1ccc(-c2cc(-c3ccccc3)nc(-c3cccc(-n4c5ccccc5c5cc(-c6cc7c8c(c6)Oc6ccccc6N8c6ccccc6O7)ccc54)c3)n2)cc1. The molecule has 272 valence electrons. The molecule has 0 radical (unpaired) electrons. The summed E-state index contributed by atoms with van der Waals surface area (Å²) < 4.78 is 15.5. The van der Waals surface area contributed by atoms with Crippen molar-refractivity contribution >= 4 is 38.9 Å². The highest BCUT2D eigenvalue weighted by Gasteiger charge is 2.35. The lowest BCUT2D eigenvalue weighted by atomic mass is 9.99. The fraction of sp³-hybridized carbons (Fsp3) is 0. The molecular formula is C52H32N4O2. The van der Waals surface area contributed by atoms with Gasteiger partial charge in [0, 0.05) is 33.2 Å². The third kappa shape index (κ3) is 5.12. The number of nitrogens with zero attached hydrogens (tertiary/aromatic N) is 4. The summed E-state index contributed by atoms with van der Waals surface area (Å²) in [5, 5.41) is 2.32. The second kappa shape index (κ2) is 12.8. The fourth-order valence-corrected chi connectivity index (χ4v) is 8.49. The van der Waals surface area contributed by atoms with E-state index in [1.54, 1.807) is 0 Å². The smallest absolute Gasteiger partial charge is 0.160 e. The van der Waals surface area contributed by atoms with Crippen molar-refractivity contribution in [3.63, 3.8) is 0 Å². The van der Waals surface area contributed by atoms with E-state index in [2.05, 4.69) is 131 Å². The van der Waals surface area contributed by atoms with E-state index in [0.717, 1.165) is 101 Å². The minimum absolute atomic E-state index is 0.676. The summed E-state index contributed by atoms with van der Waals surface area (Å²) in [4.78, 5) is 12.5. The standard InChI is InChI=1S/C52H32N4O2/c1-3-14-33(15-4-1)41-32-42(34-16-5-2-6-17-34)54-52(53-41)36-18-13-19-38(28-36)55-43-21-8-7-20-39(43)40-29-35(26-27-44(40)55)37-30-49-51-50(31-37)58-48-25-12-10-23-46(48)56(51)45-22-9-11-24-47(45)57-49/h1-32H. The lowest BCUT2D eigenvalue weighted by Gasteiger charge is -2.38. The Morgan fingerprint density at radius 3 is 1.60 bits per heavy atom. The Morgan fingerprint density at radius 2 is 0.931 bits per heavy atom. The van der Waals surface area contributed by atoms with Gasteiger partial charge in [-0.1, -0.05) is 121 Å². The van der Waals surface area contributed by atoms with Gasteiger partial charge in [0.05, 0.1) is 33.8 Å². The third-order valence-corrected chi connectivity index (χ3v) is 11.1. The van der Waals surface area contributed by atoms with Crippen molar-refractivity contribution in [2.75, 3.05) is 4.90 Å². The van der Waals surface area contributed by atoms with Crippen LogP contribution in [0.5, 0.6) is 23.0 Å². The maximum atomic E-state index is 6.60. The van der Waals surface area contributed by atoms with Gasteiger partial charge in [-0.05, 0) is 83.9 Å². The predicted molar refractivity (Wildman–Crippen MR) is 233 cm³/mol. The van der Waals surface area contributed by atoms with E-state index in [0.29, 0.717) is 5.82 Å². The Hall–Kier alpha value is -7.96. The number of hydrogen-bond donors (Lipinski definition) is 0. The fourth-order valence-electron chi connectivity index (χ4n) is 8.49. The molecule has 2 aromatic heterocycles. The highest BCUT2D eigenvalue weighted by molar-refractivity contribution is 6.10. The molecule has 8 aromatic carbocycles. The number of anilines is 3. The van der Waals surface area contributed by atoms with Crippen molar-refractivity contribution < 1.29 is 9.47 Å². The maximum absolute atomic E-state index is 6.60. The van der Waals surface area contributed by atoms with E-state index in [1.165, 1.54) is 5.39 Å². The van der Waals surface area contributed by atoms with Crippen LogP contribution in [0.2, 0.25) is 0 Å². The number of para-hydroxylation sites is 5. The molecule has 0 fully saturated rings. The Labute approximate surface area is 334 Å². The van der Waals surface area contributed by atoms with Gasteiger partial charge >= 0.3 is 0 Å². The molecule has 6 heteroatoms. The number of benzene rings is 8. The zero-order valence-electron chi connectivity index (χ0n) is 31.1. The minimum atomic E-state index is 0.676.